The molecule has 1 aromatic heterocycles. The summed E-state index contributed by atoms with van der Waals surface area (Å²) in [5, 5.41) is 18.6. The molecular formula is C16H17N5O4. The molecule has 0 bridgehead atoms. The lowest BCUT2D eigenvalue weighted by Crippen LogP contribution is -2.31. The van der Waals surface area contributed by atoms with Crippen LogP contribution in [0.3, 0.4) is 0 Å². The van der Waals surface area contributed by atoms with Crippen LogP contribution in [0.2, 0.25) is 0 Å². The molecule has 0 amide bonds. The highest BCUT2D eigenvalue weighted by atomic mass is 16.6. The van der Waals surface area contributed by atoms with Gasteiger partial charge in [-0.25, -0.2) is 9.48 Å². The molecule has 1 N–H and O–H groups in total. The number of anilines is 1. The van der Waals surface area contributed by atoms with E-state index in [0.717, 1.165) is 0 Å². The second-order valence-electron chi connectivity index (χ2n) is 5.86. The number of hydrogen-bond donors (Lipinski definition) is 1. The molecule has 1 aliphatic heterocycles. The molecule has 2 aromatic rings. The van der Waals surface area contributed by atoms with Crippen LogP contribution >= 0.6 is 0 Å². The highest BCUT2D eigenvalue weighted by Gasteiger charge is 2.37. The van der Waals surface area contributed by atoms with Crippen molar-refractivity contribution in [2.75, 3.05) is 5.32 Å². The Kier molecular flexibility index (Phi) is 4.22. The van der Waals surface area contributed by atoms with Gasteiger partial charge in [-0.1, -0.05) is 12.1 Å². The van der Waals surface area contributed by atoms with Crippen LogP contribution in [0.15, 0.2) is 41.9 Å². The van der Waals surface area contributed by atoms with Gasteiger partial charge in [-0.05, 0) is 26.8 Å². The fraction of sp³-hybridized carbons (Fsp3) is 0.312. The van der Waals surface area contributed by atoms with Gasteiger partial charge in [0.25, 0.3) is 5.69 Å². The summed E-state index contributed by atoms with van der Waals surface area (Å²) >= 11 is 0. The second kappa shape index (κ2) is 6.34. The number of nitrogens with one attached hydrogen (secondary N) is 1. The van der Waals surface area contributed by atoms with Gasteiger partial charge in [-0.3, -0.25) is 10.1 Å². The average Bonchev–Trinajstić information content (AvgIpc) is 3.00. The van der Waals surface area contributed by atoms with Crippen LogP contribution in [0, 0.1) is 10.1 Å². The molecule has 1 aromatic carbocycles. The first-order valence-corrected chi connectivity index (χ1v) is 7.71. The third kappa shape index (κ3) is 2.95. The first kappa shape index (κ1) is 16.6. The van der Waals surface area contributed by atoms with Crippen molar-refractivity contribution in [2.45, 2.75) is 32.9 Å². The van der Waals surface area contributed by atoms with Crippen LogP contribution in [0.25, 0.3) is 0 Å². The van der Waals surface area contributed by atoms with Crippen molar-refractivity contribution in [3.8, 4) is 0 Å². The monoisotopic (exact) mass is 343 g/mol. The predicted octanol–water partition coefficient (Wildman–Crippen LogP) is 2.43. The number of hydrogen-bond acceptors (Lipinski definition) is 7. The molecule has 9 nitrogen and oxygen atoms in total. The molecule has 9 heteroatoms. The fourth-order valence-electron chi connectivity index (χ4n) is 2.81. The van der Waals surface area contributed by atoms with E-state index in [1.165, 1.54) is 17.1 Å². The SMILES string of the molecule is CC1=C(C(=O)OC(C)C)C(c2ccccc2[N+](=O)[O-])n2ncnc2N1. The Morgan fingerprint density at radius 2 is 2.12 bits per heavy atom. The fourth-order valence-corrected chi connectivity index (χ4v) is 2.81. The number of para-hydroxylation sites is 1. The maximum atomic E-state index is 12.7. The van der Waals surface area contributed by atoms with E-state index in [0.29, 0.717) is 17.2 Å². The quantitative estimate of drug-likeness (QED) is 0.515. The van der Waals surface area contributed by atoms with Crippen molar-refractivity contribution in [3.05, 3.63) is 57.5 Å². The maximum absolute atomic E-state index is 12.7. The molecule has 1 aliphatic rings. The Labute approximate surface area is 143 Å². The summed E-state index contributed by atoms with van der Waals surface area (Å²) in [5.41, 5.74) is 1.03. The highest BCUT2D eigenvalue weighted by Crippen LogP contribution is 2.38. The number of rotatable bonds is 4. The number of allylic oxidation sites excluding steroid dienone is 1. The topological polar surface area (TPSA) is 112 Å². The summed E-state index contributed by atoms with van der Waals surface area (Å²) in [7, 11) is 0. The Morgan fingerprint density at radius 3 is 2.80 bits per heavy atom. The number of carbonyl (C=O) groups is 1. The van der Waals surface area contributed by atoms with Gasteiger partial charge >= 0.3 is 5.97 Å². The van der Waals surface area contributed by atoms with E-state index >= 15 is 0 Å². The number of nitro groups is 1. The van der Waals surface area contributed by atoms with Crippen molar-refractivity contribution in [3.63, 3.8) is 0 Å². The van der Waals surface area contributed by atoms with E-state index in [9.17, 15) is 14.9 Å². The van der Waals surface area contributed by atoms with E-state index in [1.807, 2.05) is 0 Å². The number of carbonyl (C=O) groups excluding carboxylic acids is 1. The van der Waals surface area contributed by atoms with Gasteiger partial charge < -0.3 is 10.1 Å². The Hall–Kier alpha value is -3.23. The molecule has 0 spiro atoms. The van der Waals surface area contributed by atoms with Crippen LogP contribution < -0.4 is 5.32 Å². The van der Waals surface area contributed by atoms with Crippen LogP contribution in [0.1, 0.15) is 32.4 Å². The van der Waals surface area contributed by atoms with Gasteiger partial charge in [-0.2, -0.15) is 10.1 Å². The molecule has 0 aliphatic carbocycles. The summed E-state index contributed by atoms with van der Waals surface area (Å²) in [6.07, 6.45) is 1.00. The number of ether oxygens (including phenoxy) is 1. The third-order valence-electron chi connectivity index (χ3n) is 3.79. The molecular weight excluding hydrogens is 326 g/mol. The number of fused-ring (bicyclic) bond motifs is 1. The summed E-state index contributed by atoms with van der Waals surface area (Å²) in [6.45, 7) is 5.19. The van der Waals surface area contributed by atoms with Crippen LogP contribution in [0.5, 0.6) is 0 Å². The molecule has 2 heterocycles. The number of benzene rings is 1. The second-order valence-corrected chi connectivity index (χ2v) is 5.86. The third-order valence-corrected chi connectivity index (χ3v) is 3.79. The van der Waals surface area contributed by atoms with Crippen molar-refractivity contribution in [2.24, 2.45) is 0 Å². The number of aromatic nitrogens is 3. The summed E-state index contributed by atoms with van der Waals surface area (Å²) in [6, 6.07) is 5.46. The zero-order chi connectivity index (χ0) is 18.1. The Balaban J connectivity index is 2.20. The summed E-state index contributed by atoms with van der Waals surface area (Å²) < 4.78 is 6.79. The molecule has 130 valence electrons. The number of esters is 1. The molecule has 0 saturated heterocycles. The first-order valence-electron chi connectivity index (χ1n) is 7.71. The van der Waals surface area contributed by atoms with Crippen molar-refractivity contribution < 1.29 is 14.5 Å². The smallest absolute Gasteiger partial charge is 0.338 e. The lowest BCUT2D eigenvalue weighted by Gasteiger charge is -2.28. The van der Waals surface area contributed by atoms with Crippen molar-refractivity contribution in [1.29, 1.82) is 0 Å². The largest absolute Gasteiger partial charge is 0.459 e. The first-order chi connectivity index (χ1) is 11.9. The standard InChI is InChI=1S/C16H17N5O4/c1-9(2)25-15(22)13-10(3)19-16-17-8-18-20(16)14(13)11-6-4-5-7-12(11)21(23)24/h4-9,14H,1-3H3,(H,17,18,19). The Bertz CT molecular complexity index is 871. The van der Waals surface area contributed by atoms with Crippen molar-refractivity contribution >= 4 is 17.6 Å². The molecule has 0 radical (unpaired) electrons. The van der Waals surface area contributed by atoms with Crippen LogP contribution in [-0.4, -0.2) is 31.8 Å². The van der Waals surface area contributed by atoms with Gasteiger partial charge in [-0.15, -0.1) is 0 Å². The summed E-state index contributed by atoms with van der Waals surface area (Å²) in [5.74, 6) is -0.147. The van der Waals surface area contributed by atoms with E-state index < -0.39 is 16.9 Å². The molecule has 3 rings (SSSR count). The van der Waals surface area contributed by atoms with Gasteiger partial charge in [0.1, 0.15) is 12.4 Å². The molecule has 1 unspecified atom stereocenters. The zero-order valence-electron chi connectivity index (χ0n) is 14.0. The Morgan fingerprint density at radius 1 is 1.40 bits per heavy atom. The van der Waals surface area contributed by atoms with Gasteiger partial charge in [0.05, 0.1) is 22.2 Å². The lowest BCUT2D eigenvalue weighted by atomic mass is 9.94. The molecule has 0 fully saturated rings. The minimum atomic E-state index is -0.799. The number of nitrogens with zero attached hydrogens (tertiary/aromatic N) is 4. The normalized spacial score (nSPS) is 16.4. The van der Waals surface area contributed by atoms with Crippen molar-refractivity contribution in [1.82, 2.24) is 14.8 Å². The zero-order valence-corrected chi connectivity index (χ0v) is 14.0. The predicted molar refractivity (Wildman–Crippen MR) is 88.8 cm³/mol. The van der Waals surface area contributed by atoms with Gasteiger partial charge in [0.2, 0.25) is 5.95 Å². The van der Waals surface area contributed by atoms with E-state index in [4.69, 9.17) is 4.74 Å². The molecule has 0 saturated carbocycles. The number of nitro benzene ring substituents is 1. The molecule has 25 heavy (non-hydrogen) atoms. The van der Waals surface area contributed by atoms with E-state index in [1.54, 1.807) is 39.0 Å². The molecule has 1 atom stereocenters. The minimum absolute atomic E-state index is 0.0986. The van der Waals surface area contributed by atoms with Crippen LogP contribution in [0.4, 0.5) is 11.6 Å². The minimum Gasteiger partial charge on any atom is -0.459 e. The summed E-state index contributed by atoms with van der Waals surface area (Å²) in [4.78, 5) is 27.7. The van der Waals surface area contributed by atoms with E-state index in [2.05, 4.69) is 15.4 Å². The maximum Gasteiger partial charge on any atom is 0.338 e. The average molecular weight is 343 g/mol. The highest BCUT2D eigenvalue weighted by molar-refractivity contribution is 5.92. The van der Waals surface area contributed by atoms with Gasteiger partial charge in [0, 0.05) is 11.8 Å². The van der Waals surface area contributed by atoms with Gasteiger partial charge in [0.15, 0.2) is 0 Å². The van der Waals surface area contributed by atoms with E-state index in [-0.39, 0.29) is 17.4 Å². The lowest BCUT2D eigenvalue weighted by molar-refractivity contribution is -0.385. The van der Waals surface area contributed by atoms with Crippen LogP contribution in [-0.2, 0) is 9.53 Å².